The molecule has 0 unspecified atom stereocenters. The van der Waals surface area contributed by atoms with Gasteiger partial charge in [0.1, 0.15) is 0 Å². The normalized spacial score (nSPS) is 11.8. The van der Waals surface area contributed by atoms with Crippen molar-refractivity contribution in [3.05, 3.63) is 168 Å². The Balaban J connectivity index is 1.32. The molecule has 0 nitrogen and oxygen atoms in total. The summed E-state index contributed by atoms with van der Waals surface area (Å²) >= 11 is 3.62. The van der Waals surface area contributed by atoms with Crippen LogP contribution in [0.5, 0.6) is 0 Å². The third kappa shape index (κ3) is 4.07. The van der Waals surface area contributed by atoms with Gasteiger partial charge < -0.3 is 0 Å². The van der Waals surface area contributed by atoms with Crippen molar-refractivity contribution in [2.75, 3.05) is 0 Å². The SMILES string of the molecule is c1csc(-c2c3ccccc3c(-c3ccc(-c4c5ccccc5c(-c5cccs5)c5ccccc45)c4ccccc34)c3ccccc23)c1. The van der Waals surface area contributed by atoms with Gasteiger partial charge in [-0.05, 0) is 99.0 Å². The van der Waals surface area contributed by atoms with E-state index in [1.165, 1.54) is 97.0 Å². The minimum Gasteiger partial charge on any atom is -0.144 e. The average Bonchev–Trinajstić information content (AvgIpc) is 3.89. The lowest BCUT2D eigenvalue weighted by molar-refractivity contribution is 1.68. The van der Waals surface area contributed by atoms with E-state index < -0.39 is 0 Å². The largest absolute Gasteiger partial charge is 0.144 e. The Morgan fingerprint density at radius 3 is 0.771 bits per heavy atom. The molecule has 0 fully saturated rings. The lowest BCUT2D eigenvalue weighted by Crippen LogP contribution is -1.93. The Morgan fingerprint density at radius 1 is 0.229 bits per heavy atom. The molecular weight excluding hydrogens is 617 g/mol. The van der Waals surface area contributed by atoms with Gasteiger partial charge in [0.2, 0.25) is 0 Å². The molecule has 0 aliphatic rings. The highest BCUT2D eigenvalue weighted by atomic mass is 32.1. The first-order chi connectivity index (χ1) is 23.9. The van der Waals surface area contributed by atoms with Crippen molar-refractivity contribution in [3.63, 3.8) is 0 Å². The van der Waals surface area contributed by atoms with Gasteiger partial charge in [0.15, 0.2) is 0 Å². The summed E-state index contributed by atoms with van der Waals surface area (Å²) in [6, 6.07) is 58.4. The monoisotopic (exact) mass is 644 g/mol. The molecule has 8 aromatic carbocycles. The second-order valence-electron chi connectivity index (χ2n) is 12.3. The third-order valence-corrected chi connectivity index (χ3v) is 11.6. The third-order valence-electron chi connectivity index (χ3n) is 9.86. The number of hydrogen-bond acceptors (Lipinski definition) is 2. The molecule has 2 heteroatoms. The minimum atomic E-state index is 1.27. The first-order valence-electron chi connectivity index (χ1n) is 16.3. The molecule has 0 N–H and O–H groups in total. The molecule has 0 amide bonds. The van der Waals surface area contributed by atoms with E-state index in [9.17, 15) is 0 Å². The van der Waals surface area contributed by atoms with Crippen molar-refractivity contribution < 1.29 is 0 Å². The van der Waals surface area contributed by atoms with E-state index in [4.69, 9.17) is 0 Å². The van der Waals surface area contributed by atoms with E-state index in [-0.39, 0.29) is 0 Å². The van der Waals surface area contributed by atoms with Gasteiger partial charge in [-0.3, -0.25) is 0 Å². The maximum Gasteiger partial charge on any atom is 0.0355 e. The fourth-order valence-electron chi connectivity index (χ4n) is 7.94. The van der Waals surface area contributed by atoms with Gasteiger partial charge in [0.05, 0.1) is 0 Å². The second kappa shape index (κ2) is 11.0. The van der Waals surface area contributed by atoms with Crippen molar-refractivity contribution >= 4 is 76.5 Å². The van der Waals surface area contributed by atoms with Gasteiger partial charge in [-0.25, -0.2) is 0 Å². The second-order valence-corrected chi connectivity index (χ2v) is 14.2. The molecule has 0 spiro atoms. The Hall–Kier alpha value is -5.54. The predicted octanol–water partition coefficient (Wildman–Crippen LogP) is 14.2. The number of hydrogen-bond donors (Lipinski definition) is 0. The smallest absolute Gasteiger partial charge is 0.0355 e. The molecule has 0 aliphatic heterocycles. The van der Waals surface area contributed by atoms with E-state index >= 15 is 0 Å². The Morgan fingerprint density at radius 2 is 0.500 bits per heavy atom. The number of thiophene rings is 2. The molecular formula is C46H28S2. The van der Waals surface area contributed by atoms with Crippen LogP contribution in [0.1, 0.15) is 0 Å². The summed E-state index contributed by atoms with van der Waals surface area (Å²) in [7, 11) is 0. The van der Waals surface area contributed by atoms with Crippen LogP contribution in [0.2, 0.25) is 0 Å². The van der Waals surface area contributed by atoms with Crippen LogP contribution in [0, 0.1) is 0 Å². The Labute approximate surface area is 286 Å². The summed E-state index contributed by atoms with van der Waals surface area (Å²) in [6.07, 6.45) is 0. The quantitative estimate of drug-likeness (QED) is 0.167. The predicted molar refractivity (Wildman–Crippen MR) is 211 cm³/mol. The molecule has 0 saturated heterocycles. The molecule has 10 aromatic rings. The van der Waals surface area contributed by atoms with Gasteiger partial charge in [-0.2, -0.15) is 0 Å². The molecule has 2 aromatic heterocycles. The lowest BCUT2D eigenvalue weighted by Gasteiger charge is -2.21. The van der Waals surface area contributed by atoms with Crippen LogP contribution in [0.15, 0.2) is 168 Å². The summed E-state index contributed by atoms with van der Waals surface area (Å²) < 4.78 is 0. The van der Waals surface area contributed by atoms with Gasteiger partial charge in [-0.15, -0.1) is 22.7 Å². The summed E-state index contributed by atoms with van der Waals surface area (Å²) in [5, 5.41) is 17.2. The summed E-state index contributed by atoms with van der Waals surface area (Å²) in [4.78, 5) is 2.61. The zero-order valence-corrected chi connectivity index (χ0v) is 27.6. The number of fused-ring (bicyclic) bond motifs is 5. The molecule has 0 saturated carbocycles. The Bertz CT molecular complexity index is 2510. The fraction of sp³-hybridized carbons (Fsp3) is 0. The lowest BCUT2D eigenvalue weighted by atomic mass is 9.83. The van der Waals surface area contributed by atoms with E-state index in [0.717, 1.165) is 0 Å². The van der Waals surface area contributed by atoms with Crippen molar-refractivity contribution in [2.45, 2.75) is 0 Å². The maximum absolute atomic E-state index is 2.38. The molecule has 0 radical (unpaired) electrons. The van der Waals surface area contributed by atoms with Crippen LogP contribution in [0.25, 0.3) is 97.0 Å². The zero-order chi connectivity index (χ0) is 31.6. The van der Waals surface area contributed by atoms with Crippen LogP contribution < -0.4 is 0 Å². The molecule has 2 heterocycles. The van der Waals surface area contributed by atoms with E-state index in [2.05, 4.69) is 168 Å². The molecule has 10 rings (SSSR count). The molecule has 0 atom stereocenters. The van der Waals surface area contributed by atoms with Gasteiger partial charge in [-0.1, -0.05) is 146 Å². The highest BCUT2D eigenvalue weighted by Gasteiger charge is 2.22. The van der Waals surface area contributed by atoms with Crippen molar-refractivity contribution in [1.29, 1.82) is 0 Å². The van der Waals surface area contributed by atoms with E-state index in [0.29, 0.717) is 0 Å². The van der Waals surface area contributed by atoms with E-state index in [1.807, 2.05) is 22.7 Å². The average molecular weight is 645 g/mol. The van der Waals surface area contributed by atoms with Gasteiger partial charge in [0.25, 0.3) is 0 Å². The summed E-state index contributed by atoms with van der Waals surface area (Å²) in [6.45, 7) is 0. The topological polar surface area (TPSA) is 0 Å². The van der Waals surface area contributed by atoms with E-state index in [1.54, 1.807) is 0 Å². The molecule has 0 aliphatic carbocycles. The highest BCUT2D eigenvalue weighted by molar-refractivity contribution is 7.14. The highest BCUT2D eigenvalue weighted by Crippen LogP contribution is 2.50. The molecule has 48 heavy (non-hydrogen) atoms. The summed E-state index contributed by atoms with van der Waals surface area (Å²) in [5.74, 6) is 0. The first-order valence-corrected chi connectivity index (χ1v) is 18.1. The summed E-state index contributed by atoms with van der Waals surface area (Å²) in [5.41, 5.74) is 7.78. The number of benzene rings is 8. The fourth-order valence-corrected chi connectivity index (χ4v) is 9.54. The standard InChI is InChI=1S/C46H28S2/c1-2-14-30-29(13-1)39(43-31-15-3-7-19-35(31)45(41-23-11-27-47-41)36-20-8-4-16-32(36)43)25-26-40(30)44-33-17-5-9-21-37(33)46(42-24-12-28-48-42)38-22-10-6-18-34(38)44/h1-28H. The van der Waals surface area contributed by atoms with Crippen molar-refractivity contribution in [3.8, 4) is 43.1 Å². The van der Waals surface area contributed by atoms with Crippen LogP contribution in [0.4, 0.5) is 0 Å². The van der Waals surface area contributed by atoms with Gasteiger partial charge >= 0.3 is 0 Å². The van der Waals surface area contributed by atoms with Crippen LogP contribution >= 0.6 is 22.7 Å². The molecule has 224 valence electrons. The van der Waals surface area contributed by atoms with Gasteiger partial charge in [0, 0.05) is 20.9 Å². The Kier molecular flexibility index (Phi) is 6.33. The van der Waals surface area contributed by atoms with Crippen LogP contribution in [0.3, 0.4) is 0 Å². The van der Waals surface area contributed by atoms with Crippen molar-refractivity contribution in [2.24, 2.45) is 0 Å². The maximum atomic E-state index is 2.38. The molecule has 0 bridgehead atoms. The number of rotatable bonds is 4. The zero-order valence-electron chi connectivity index (χ0n) is 26.0. The van der Waals surface area contributed by atoms with Crippen molar-refractivity contribution in [1.82, 2.24) is 0 Å². The first kappa shape index (κ1) is 27.6. The van der Waals surface area contributed by atoms with Crippen LogP contribution in [-0.4, -0.2) is 0 Å². The minimum absolute atomic E-state index is 1.27. The van der Waals surface area contributed by atoms with Crippen LogP contribution in [-0.2, 0) is 0 Å².